The van der Waals surface area contributed by atoms with Gasteiger partial charge in [0.15, 0.2) is 0 Å². The van der Waals surface area contributed by atoms with Crippen molar-refractivity contribution in [3.8, 4) is 5.75 Å². The van der Waals surface area contributed by atoms with Gasteiger partial charge in [-0.25, -0.2) is 4.39 Å². The van der Waals surface area contributed by atoms with Crippen LogP contribution in [0.25, 0.3) is 6.08 Å². The van der Waals surface area contributed by atoms with Crippen LogP contribution in [0.5, 0.6) is 5.75 Å². The fourth-order valence-corrected chi connectivity index (χ4v) is 1.16. The molecule has 0 radical (unpaired) electrons. The van der Waals surface area contributed by atoms with E-state index >= 15 is 0 Å². The summed E-state index contributed by atoms with van der Waals surface area (Å²) < 4.78 is 18.3. The molecule has 82 valence electrons. The highest BCUT2D eigenvalue weighted by atomic mass is 19.1. The van der Waals surface area contributed by atoms with Crippen molar-refractivity contribution in [1.82, 2.24) is 0 Å². The molecular weight excluding hydrogens is 195 g/mol. The molecule has 1 aromatic rings. The predicted octanol–water partition coefficient (Wildman–Crippen LogP) is 2.78. The van der Waals surface area contributed by atoms with E-state index in [0.29, 0.717) is 17.7 Å². The van der Waals surface area contributed by atoms with Gasteiger partial charge in [-0.2, -0.15) is 0 Å². The van der Waals surface area contributed by atoms with E-state index in [4.69, 9.17) is 9.84 Å². The minimum absolute atomic E-state index is 0.0473. The molecule has 1 aromatic carbocycles. The smallest absolute Gasteiger partial charge is 0.126 e. The number of rotatable bonds is 5. The van der Waals surface area contributed by atoms with Gasteiger partial charge in [0.25, 0.3) is 0 Å². The van der Waals surface area contributed by atoms with E-state index in [-0.39, 0.29) is 19.0 Å². The Bertz CT molecular complexity index is 334. The first-order valence-electron chi connectivity index (χ1n) is 4.96. The first kappa shape index (κ1) is 11.7. The van der Waals surface area contributed by atoms with Crippen LogP contribution in [0.4, 0.5) is 4.39 Å². The highest BCUT2D eigenvalue weighted by Crippen LogP contribution is 2.21. The molecule has 0 aliphatic carbocycles. The Morgan fingerprint density at radius 3 is 2.87 bits per heavy atom. The van der Waals surface area contributed by atoms with Crippen LogP contribution in [0, 0.1) is 0 Å². The monoisotopic (exact) mass is 210 g/mol. The Labute approximate surface area is 89.0 Å². The van der Waals surface area contributed by atoms with Crippen LogP contribution in [-0.4, -0.2) is 18.3 Å². The van der Waals surface area contributed by atoms with Crippen LogP contribution < -0.4 is 4.74 Å². The summed E-state index contributed by atoms with van der Waals surface area (Å²) in [6, 6.07) is 7.17. The maximum atomic E-state index is 13.1. The third-order valence-electron chi connectivity index (χ3n) is 1.92. The summed E-state index contributed by atoms with van der Waals surface area (Å²) >= 11 is 0. The summed E-state index contributed by atoms with van der Waals surface area (Å²) in [7, 11) is 0. The molecule has 0 amide bonds. The zero-order valence-electron chi connectivity index (χ0n) is 8.74. The minimum atomic E-state index is -0.185. The Hall–Kier alpha value is -1.35. The van der Waals surface area contributed by atoms with Crippen LogP contribution in [-0.2, 0) is 0 Å². The second-order valence-electron chi connectivity index (χ2n) is 3.05. The Morgan fingerprint density at radius 1 is 1.47 bits per heavy atom. The summed E-state index contributed by atoms with van der Waals surface area (Å²) in [6.45, 7) is 1.93. The van der Waals surface area contributed by atoms with Gasteiger partial charge in [-0.3, -0.25) is 0 Å². The quantitative estimate of drug-likeness (QED) is 0.809. The summed E-state index contributed by atoms with van der Waals surface area (Å²) in [5.74, 6) is 0.408. The van der Waals surface area contributed by atoms with Crippen molar-refractivity contribution >= 4 is 6.08 Å². The number of allylic oxidation sites excluding steroid dienone is 1. The Morgan fingerprint density at radius 2 is 2.20 bits per heavy atom. The van der Waals surface area contributed by atoms with Gasteiger partial charge in [0, 0.05) is 5.56 Å². The molecule has 0 unspecified atom stereocenters. The van der Waals surface area contributed by atoms with Crippen molar-refractivity contribution in [1.29, 1.82) is 0 Å². The lowest BCUT2D eigenvalue weighted by molar-refractivity contribution is 0.201. The molecule has 3 heteroatoms. The molecule has 15 heavy (non-hydrogen) atoms. The van der Waals surface area contributed by atoms with Gasteiger partial charge in [-0.1, -0.05) is 25.1 Å². The molecule has 0 heterocycles. The van der Waals surface area contributed by atoms with Crippen molar-refractivity contribution < 1.29 is 14.2 Å². The van der Waals surface area contributed by atoms with Crippen molar-refractivity contribution in [3.05, 3.63) is 35.7 Å². The molecule has 2 nitrogen and oxygen atoms in total. The number of hydrogen-bond donors (Lipinski definition) is 1. The lowest BCUT2D eigenvalue weighted by atomic mass is 10.1. The van der Waals surface area contributed by atoms with E-state index in [0.717, 1.165) is 0 Å². The largest absolute Gasteiger partial charge is 0.491 e. The second-order valence-corrected chi connectivity index (χ2v) is 3.05. The molecule has 0 saturated carbocycles. The van der Waals surface area contributed by atoms with Crippen molar-refractivity contribution in [3.63, 3.8) is 0 Å². The van der Waals surface area contributed by atoms with Crippen molar-refractivity contribution in [2.24, 2.45) is 0 Å². The zero-order chi connectivity index (χ0) is 11.1. The molecule has 0 aliphatic heterocycles. The minimum Gasteiger partial charge on any atom is -0.491 e. The van der Waals surface area contributed by atoms with E-state index in [1.54, 1.807) is 19.1 Å². The second kappa shape index (κ2) is 6.19. The number of hydrogen-bond acceptors (Lipinski definition) is 2. The van der Waals surface area contributed by atoms with Gasteiger partial charge in [-0.05, 0) is 18.6 Å². The van der Waals surface area contributed by atoms with Crippen LogP contribution >= 0.6 is 0 Å². The fraction of sp³-hybridized carbons (Fsp3) is 0.333. The van der Waals surface area contributed by atoms with E-state index < -0.39 is 0 Å². The Balaban J connectivity index is 2.86. The SMILES string of the molecule is CC/C(F)=C/c1ccccc1OCCO. The summed E-state index contributed by atoms with van der Waals surface area (Å²) in [5.41, 5.74) is 0.699. The molecule has 0 atom stereocenters. The summed E-state index contributed by atoms with van der Waals surface area (Å²) in [4.78, 5) is 0. The third-order valence-corrected chi connectivity index (χ3v) is 1.92. The fourth-order valence-electron chi connectivity index (χ4n) is 1.16. The molecular formula is C12H15FO2. The van der Waals surface area contributed by atoms with E-state index in [1.807, 2.05) is 12.1 Å². The molecule has 0 aromatic heterocycles. The topological polar surface area (TPSA) is 29.5 Å². The van der Waals surface area contributed by atoms with Gasteiger partial charge in [0.05, 0.1) is 6.61 Å². The number of aliphatic hydroxyl groups excluding tert-OH is 1. The molecule has 0 fully saturated rings. The summed E-state index contributed by atoms with van der Waals surface area (Å²) in [6.07, 6.45) is 1.82. The third kappa shape index (κ3) is 3.72. The van der Waals surface area contributed by atoms with Gasteiger partial charge >= 0.3 is 0 Å². The van der Waals surface area contributed by atoms with Gasteiger partial charge in [-0.15, -0.1) is 0 Å². The predicted molar refractivity (Wildman–Crippen MR) is 58.4 cm³/mol. The number of para-hydroxylation sites is 1. The highest BCUT2D eigenvalue weighted by Gasteiger charge is 2.01. The molecule has 0 saturated heterocycles. The summed E-state index contributed by atoms with van der Waals surface area (Å²) in [5, 5.41) is 8.63. The number of aliphatic hydroxyl groups is 1. The molecule has 1 N–H and O–H groups in total. The zero-order valence-corrected chi connectivity index (χ0v) is 8.74. The maximum absolute atomic E-state index is 13.1. The van der Waals surface area contributed by atoms with Crippen molar-refractivity contribution in [2.75, 3.05) is 13.2 Å². The van der Waals surface area contributed by atoms with Crippen molar-refractivity contribution in [2.45, 2.75) is 13.3 Å². The molecule has 0 spiro atoms. The molecule has 0 bridgehead atoms. The number of ether oxygens (including phenoxy) is 1. The molecule has 0 aliphatic rings. The standard InChI is InChI=1S/C12H15FO2/c1-2-11(13)9-10-5-3-4-6-12(10)15-8-7-14/h3-6,9,14H,2,7-8H2,1H3/b11-9-. The first-order valence-corrected chi connectivity index (χ1v) is 4.96. The lowest BCUT2D eigenvalue weighted by Crippen LogP contribution is -2.02. The van der Waals surface area contributed by atoms with Gasteiger partial charge < -0.3 is 9.84 Å². The van der Waals surface area contributed by atoms with Gasteiger partial charge in [0.1, 0.15) is 18.2 Å². The van der Waals surface area contributed by atoms with E-state index in [1.165, 1.54) is 6.08 Å². The normalized spacial score (nSPS) is 11.5. The van der Waals surface area contributed by atoms with Crippen LogP contribution in [0.3, 0.4) is 0 Å². The molecule has 1 rings (SSSR count). The average molecular weight is 210 g/mol. The highest BCUT2D eigenvalue weighted by molar-refractivity contribution is 5.58. The number of halogens is 1. The van der Waals surface area contributed by atoms with Gasteiger partial charge in [0.2, 0.25) is 0 Å². The van der Waals surface area contributed by atoms with Crippen LogP contribution in [0.2, 0.25) is 0 Å². The number of benzene rings is 1. The van der Waals surface area contributed by atoms with Crippen LogP contribution in [0.1, 0.15) is 18.9 Å². The van der Waals surface area contributed by atoms with E-state index in [2.05, 4.69) is 0 Å². The lowest BCUT2D eigenvalue weighted by Gasteiger charge is -2.07. The Kier molecular flexibility index (Phi) is 4.84. The van der Waals surface area contributed by atoms with Crippen LogP contribution in [0.15, 0.2) is 30.1 Å². The maximum Gasteiger partial charge on any atom is 0.126 e. The average Bonchev–Trinajstić information content (AvgIpc) is 2.28. The van der Waals surface area contributed by atoms with E-state index in [9.17, 15) is 4.39 Å². The first-order chi connectivity index (χ1) is 7.27.